The summed E-state index contributed by atoms with van der Waals surface area (Å²) in [4.78, 5) is 38.5. The maximum atomic E-state index is 13.5. The van der Waals surface area contributed by atoms with Gasteiger partial charge < -0.3 is 14.2 Å². The van der Waals surface area contributed by atoms with E-state index in [0.29, 0.717) is 57.0 Å². The first-order chi connectivity index (χ1) is 16.4. The Hall–Kier alpha value is -2.42. The third-order valence-corrected chi connectivity index (χ3v) is 6.68. The highest BCUT2D eigenvalue weighted by atomic mass is 16.5. The van der Waals surface area contributed by atoms with Crippen molar-refractivity contribution in [3.8, 4) is 0 Å². The number of rotatable bonds is 7. The molecule has 2 aliphatic heterocycles. The molecular formula is C26H35N3O5. The number of aromatic nitrogens is 1. The molecule has 1 aromatic rings. The standard InChI is InChI=1S/C26H35N3O5/c1-5-33-24(29-10-12-32-13-11-29)23-22(25(31)34-6-2)20(17-8-7-9-27-16-17)21-18(28-23)14-26(3,4)15-19(21)30/h7-9,16,20-21,24H,5-6,10-15H2,1-4H3. The highest BCUT2D eigenvalue weighted by Gasteiger charge is 2.49. The van der Waals surface area contributed by atoms with Gasteiger partial charge in [0, 0.05) is 50.1 Å². The molecule has 0 amide bonds. The lowest BCUT2D eigenvalue weighted by Crippen LogP contribution is -2.49. The van der Waals surface area contributed by atoms with Crippen LogP contribution < -0.4 is 0 Å². The van der Waals surface area contributed by atoms with Crippen LogP contribution in [0.3, 0.4) is 0 Å². The monoisotopic (exact) mass is 469 g/mol. The zero-order valence-electron chi connectivity index (χ0n) is 20.6. The molecule has 0 radical (unpaired) electrons. The van der Waals surface area contributed by atoms with Crippen LogP contribution in [-0.2, 0) is 23.8 Å². The summed E-state index contributed by atoms with van der Waals surface area (Å²) in [5.74, 6) is -1.37. The van der Waals surface area contributed by atoms with Crippen LogP contribution in [0.2, 0.25) is 0 Å². The van der Waals surface area contributed by atoms with E-state index in [2.05, 4.69) is 23.7 Å². The van der Waals surface area contributed by atoms with E-state index in [1.165, 1.54) is 0 Å². The molecule has 4 rings (SSSR count). The van der Waals surface area contributed by atoms with Crippen molar-refractivity contribution in [2.24, 2.45) is 16.3 Å². The Morgan fingerprint density at radius 1 is 1.21 bits per heavy atom. The summed E-state index contributed by atoms with van der Waals surface area (Å²) in [6.07, 6.45) is 4.03. The fourth-order valence-electron chi connectivity index (χ4n) is 5.33. The van der Waals surface area contributed by atoms with E-state index in [-0.39, 0.29) is 17.8 Å². The molecule has 0 bridgehead atoms. The minimum Gasteiger partial charge on any atom is -0.463 e. The predicted octanol–water partition coefficient (Wildman–Crippen LogP) is 3.14. The molecular weight excluding hydrogens is 434 g/mol. The molecule has 2 fully saturated rings. The van der Waals surface area contributed by atoms with Gasteiger partial charge in [0.1, 0.15) is 5.78 Å². The van der Waals surface area contributed by atoms with Gasteiger partial charge in [0.25, 0.3) is 0 Å². The number of ether oxygens (including phenoxy) is 3. The molecule has 3 atom stereocenters. The molecule has 3 unspecified atom stereocenters. The summed E-state index contributed by atoms with van der Waals surface area (Å²) in [5, 5.41) is 0. The molecule has 3 heterocycles. The van der Waals surface area contributed by atoms with Gasteiger partial charge in [0.15, 0.2) is 6.23 Å². The van der Waals surface area contributed by atoms with Gasteiger partial charge in [-0.1, -0.05) is 19.9 Å². The van der Waals surface area contributed by atoms with Gasteiger partial charge >= 0.3 is 5.97 Å². The summed E-state index contributed by atoms with van der Waals surface area (Å²) in [7, 11) is 0. The Morgan fingerprint density at radius 2 is 1.97 bits per heavy atom. The molecule has 8 heteroatoms. The number of fused-ring (bicyclic) bond motifs is 1. The Morgan fingerprint density at radius 3 is 2.62 bits per heavy atom. The first-order valence-corrected chi connectivity index (χ1v) is 12.2. The lowest BCUT2D eigenvalue weighted by atomic mass is 9.63. The number of carbonyl (C=O) groups is 2. The maximum Gasteiger partial charge on any atom is 0.336 e. The van der Waals surface area contributed by atoms with Crippen LogP contribution in [0.1, 0.15) is 52.0 Å². The zero-order chi connectivity index (χ0) is 24.3. The normalized spacial score (nSPS) is 26.0. The van der Waals surface area contributed by atoms with Crippen molar-refractivity contribution in [3.05, 3.63) is 41.4 Å². The number of hydrogen-bond donors (Lipinski definition) is 0. The van der Waals surface area contributed by atoms with Crippen molar-refractivity contribution in [1.29, 1.82) is 0 Å². The summed E-state index contributed by atoms with van der Waals surface area (Å²) >= 11 is 0. The van der Waals surface area contributed by atoms with Crippen LogP contribution in [0.15, 0.2) is 40.8 Å². The van der Waals surface area contributed by atoms with Gasteiger partial charge in [0.2, 0.25) is 0 Å². The van der Waals surface area contributed by atoms with Gasteiger partial charge in [-0.15, -0.1) is 0 Å². The first-order valence-electron chi connectivity index (χ1n) is 12.2. The van der Waals surface area contributed by atoms with Gasteiger partial charge in [-0.25, -0.2) is 4.79 Å². The van der Waals surface area contributed by atoms with E-state index in [0.717, 1.165) is 11.3 Å². The molecule has 1 aliphatic carbocycles. The molecule has 0 spiro atoms. The Bertz CT molecular complexity index is 966. The zero-order valence-corrected chi connectivity index (χ0v) is 20.6. The molecule has 0 aromatic carbocycles. The molecule has 3 aliphatic rings. The van der Waals surface area contributed by atoms with Crippen LogP contribution in [0.5, 0.6) is 0 Å². The van der Waals surface area contributed by atoms with Crippen molar-refractivity contribution >= 4 is 17.5 Å². The van der Waals surface area contributed by atoms with E-state index >= 15 is 0 Å². The van der Waals surface area contributed by atoms with Crippen molar-refractivity contribution < 1.29 is 23.8 Å². The average Bonchev–Trinajstić information content (AvgIpc) is 2.82. The van der Waals surface area contributed by atoms with Crippen molar-refractivity contribution in [2.45, 2.75) is 52.7 Å². The predicted molar refractivity (Wildman–Crippen MR) is 127 cm³/mol. The van der Waals surface area contributed by atoms with Crippen molar-refractivity contribution in [1.82, 2.24) is 9.88 Å². The quantitative estimate of drug-likeness (QED) is 0.567. The van der Waals surface area contributed by atoms with Crippen LogP contribution in [0.25, 0.3) is 0 Å². The van der Waals surface area contributed by atoms with Crippen LogP contribution in [-0.4, -0.2) is 73.1 Å². The van der Waals surface area contributed by atoms with Gasteiger partial charge in [-0.05, 0) is 37.3 Å². The number of ketones is 1. The first kappa shape index (κ1) is 24.7. The maximum absolute atomic E-state index is 13.5. The fraction of sp³-hybridized carbons (Fsp3) is 0.615. The summed E-state index contributed by atoms with van der Waals surface area (Å²) in [5.41, 5.74) is 2.38. The second-order valence-corrected chi connectivity index (χ2v) is 9.80. The van der Waals surface area contributed by atoms with E-state index in [1.807, 2.05) is 19.1 Å². The summed E-state index contributed by atoms with van der Waals surface area (Å²) in [6.45, 7) is 11.1. The van der Waals surface area contributed by atoms with Crippen molar-refractivity contribution in [2.75, 3.05) is 39.5 Å². The number of pyridine rings is 1. The van der Waals surface area contributed by atoms with Gasteiger partial charge in [-0.3, -0.25) is 19.7 Å². The molecule has 184 valence electrons. The Kier molecular flexibility index (Phi) is 7.60. The number of hydrogen-bond acceptors (Lipinski definition) is 8. The van der Waals surface area contributed by atoms with E-state index in [1.54, 1.807) is 19.3 Å². The molecule has 34 heavy (non-hydrogen) atoms. The highest BCUT2D eigenvalue weighted by Crippen LogP contribution is 2.47. The van der Waals surface area contributed by atoms with Gasteiger partial charge in [0.05, 0.1) is 37.0 Å². The third-order valence-electron chi connectivity index (χ3n) is 6.68. The van der Waals surface area contributed by atoms with E-state index < -0.39 is 24.0 Å². The van der Waals surface area contributed by atoms with E-state index in [4.69, 9.17) is 19.2 Å². The lowest BCUT2D eigenvalue weighted by Gasteiger charge is -2.43. The SMILES string of the molecule is CCOC(=O)C1=C(C(OCC)N2CCOCC2)N=C2CC(C)(C)CC(=O)C2C1c1cccnc1. The average molecular weight is 470 g/mol. The molecule has 8 nitrogen and oxygen atoms in total. The Balaban J connectivity index is 1.93. The van der Waals surface area contributed by atoms with Gasteiger partial charge in [-0.2, -0.15) is 0 Å². The minimum atomic E-state index is -0.527. The number of carbonyl (C=O) groups excluding carboxylic acids is 2. The van der Waals surface area contributed by atoms with E-state index in [9.17, 15) is 9.59 Å². The number of morpholine rings is 1. The van der Waals surface area contributed by atoms with Crippen LogP contribution in [0, 0.1) is 11.3 Å². The number of nitrogens with zero attached hydrogens (tertiary/aromatic N) is 3. The smallest absolute Gasteiger partial charge is 0.336 e. The largest absolute Gasteiger partial charge is 0.463 e. The molecule has 1 saturated heterocycles. The minimum absolute atomic E-state index is 0.101. The molecule has 0 N–H and O–H groups in total. The topological polar surface area (TPSA) is 90.3 Å². The summed E-state index contributed by atoms with van der Waals surface area (Å²) in [6, 6.07) is 3.76. The second-order valence-electron chi connectivity index (χ2n) is 9.80. The highest BCUT2D eigenvalue weighted by molar-refractivity contribution is 6.12. The number of Topliss-reactive ketones (excluding diaryl/α,β-unsaturated/α-hetero) is 1. The van der Waals surface area contributed by atoms with Crippen LogP contribution >= 0.6 is 0 Å². The summed E-state index contributed by atoms with van der Waals surface area (Å²) < 4.78 is 17.3. The molecule has 1 aromatic heterocycles. The lowest BCUT2D eigenvalue weighted by molar-refractivity contribution is -0.139. The number of aliphatic imine (C=N–C) groups is 1. The van der Waals surface area contributed by atoms with Crippen LogP contribution in [0.4, 0.5) is 0 Å². The fourth-order valence-corrected chi connectivity index (χ4v) is 5.33. The molecule has 1 saturated carbocycles. The number of esters is 1. The Labute approximate surface area is 201 Å². The second kappa shape index (κ2) is 10.5. The van der Waals surface area contributed by atoms with Crippen molar-refractivity contribution in [3.63, 3.8) is 0 Å². The third kappa shape index (κ3) is 4.99.